The fraction of sp³-hybridized carbons (Fsp3) is 0.300. The summed E-state index contributed by atoms with van der Waals surface area (Å²) in [6.45, 7) is 1.79. The molecule has 2 atom stereocenters. The molecule has 80 valence electrons. The molecule has 1 heterocycles. The summed E-state index contributed by atoms with van der Waals surface area (Å²) in [6.07, 6.45) is 0. The van der Waals surface area contributed by atoms with Gasteiger partial charge in [-0.3, -0.25) is 9.00 Å². The van der Waals surface area contributed by atoms with E-state index >= 15 is 0 Å². The first-order valence-electron chi connectivity index (χ1n) is 4.53. The Labute approximate surface area is 95.5 Å². The minimum absolute atomic E-state index is 0.0789. The summed E-state index contributed by atoms with van der Waals surface area (Å²) in [7, 11) is -1.23. The topological polar surface area (TPSA) is 37.4 Å². The molecule has 0 fully saturated rings. The van der Waals surface area contributed by atoms with Crippen LogP contribution in [0.5, 0.6) is 0 Å². The highest BCUT2D eigenvalue weighted by Gasteiger charge is 2.30. The average molecular weight is 244 g/mol. The van der Waals surface area contributed by atoms with Crippen molar-refractivity contribution >= 4 is 34.0 Å². The fourth-order valence-corrected chi connectivity index (χ4v) is 3.18. The molecule has 0 saturated carbocycles. The first-order valence-corrected chi connectivity index (χ1v) is 6.18. The molecule has 0 bridgehead atoms. The number of carbonyl (C=O) groups excluding carboxylic acids is 1. The van der Waals surface area contributed by atoms with Crippen LogP contribution in [0.15, 0.2) is 29.2 Å². The number of alkyl halides is 1. The predicted molar refractivity (Wildman–Crippen MR) is 60.5 cm³/mol. The van der Waals surface area contributed by atoms with Gasteiger partial charge in [0.2, 0.25) is 5.91 Å². The van der Waals surface area contributed by atoms with Gasteiger partial charge in [0.05, 0.1) is 27.9 Å². The number of hydrogen-bond donors (Lipinski definition) is 0. The lowest BCUT2D eigenvalue weighted by atomic mass is 10.3. The lowest BCUT2D eigenvalue weighted by Gasteiger charge is -2.30. The largest absolute Gasteiger partial charge is 0.309 e. The number of halogens is 1. The van der Waals surface area contributed by atoms with Gasteiger partial charge in [0.25, 0.3) is 0 Å². The first kappa shape index (κ1) is 10.6. The summed E-state index contributed by atoms with van der Waals surface area (Å²) in [5, 5.41) is 0. The summed E-state index contributed by atoms with van der Waals surface area (Å²) < 4.78 is 11.3. The van der Waals surface area contributed by atoms with E-state index in [9.17, 15) is 9.00 Å². The van der Waals surface area contributed by atoms with E-state index in [0.717, 1.165) is 0 Å². The maximum absolute atomic E-state index is 11.8. The minimum Gasteiger partial charge on any atom is -0.309 e. The Morgan fingerprint density at radius 2 is 2.20 bits per heavy atom. The monoisotopic (exact) mass is 243 g/mol. The molecule has 2 rings (SSSR count). The van der Waals surface area contributed by atoms with Gasteiger partial charge in [0.15, 0.2) is 0 Å². The van der Waals surface area contributed by atoms with Crippen LogP contribution in [0, 0.1) is 0 Å². The van der Waals surface area contributed by atoms with Crippen molar-refractivity contribution in [1.29, 1.82) is 0 Å². The maximum atomic E-state index is 11.8. The molecular weight excluding hydrogens is 234 g/mol. The van der Waals surface area contributed by atoms with Gasteiger partial charge in [-0.25, -0.2) is 0 Å². The predicted octanol–water partition coefficient (Wildman–Crippen LogP) is 1.73. The molecule has 0 saturated heterocycles. The van der Waals surface area contributed by atoms with E-state index in [2.05, 4.69) is 0 Å². The van der Waals surface area contributed by atoms with Crippen LogP contribution in [0.25, 0.3) is 0 Å². The van der Waals surface area contributed by atoms with Gasteiger partial charge in [-0.05, 0) is 12.1 Å². The molecule has 0 aromatic heterocycles. The smallest absolute Gasteiger partial charge is 0.223 e. The average Bonchev–Trinajstić information content (AvgIpc) is 2.23. The highest BCUT2D eigenvalue weighted by Crippen LogP contribution is 2.32. The number of para-hydroxylation sites is 1. The van der Waals surface area contributed by atoms with Crippen molar-refractivity contribution < 1.29 is 9.00 Å². The van der Waals surface area contributed by atoms with Crippen LogP contribution in [-0.2, 0) is 15.6 Å². The van der Waals surface area contributed by atoms with E-state index in [1.165, 1.54) is 6.92 Å². The van der Waals surface area contributed by atoms with Gasteiger partial charge in [0, 0.05) is 6.92 Å². The number of nitrogens with zero attached hydrogens (tertiary/aromatic N) is 1. The molecule has 5 heteroatoms. The van der Waals surface area contributed by atoms with E-state index in [4.69, 9.17) is 11.6 Å². The summed E-state index contributed by atoms with van der Waals surface area (Å²) in [4.78, 5) is 13.6. The highest BCUT2D eigenvalue weighted by atomic mass is 35.5. The second kappa shape index (κ2) is 3.94. The van der Waals surface area contributed by atoms with Crippen molar-refractivity contribution in [2.45, 2.75) is 16.5 Å². The molecule has 0 spiro atoms. The molecule has 1 amide bonds. The molecule has 0 N–H and O–H groups in total. The van der Waals surface area contributed by atoms with E-state index < -0.39 is 15.5 Å². The fourth-order valence-electron chi connectivity index (χ4n) is 1.60. The zero-order valence-electron chi connectivity index (χ0n) is 8.14. The molecule has 1 aliphatic rings. The van der Waals surface area contributed by atoms with Crippen molar-refractivity contribution in [2.75, 3.05) is 11.4 Å². The van der Waals surface area contributed by atoms with Crippen molar-refractivity contribution in [1.82, 2.24) is 0 Å². The lowest BCUT2D eigenvalue weighted by molar-refractivity contribution is -0.116. The SMILES string of the molecule is CC(=O)N1CC(Cl)S(=O)c2ccccc21. The second-order valence-electron chi connectivity index (χ2n) is 3.30. The molecule has 1 aliphatic heterocycles. The molecule has 15 heavy (non-hydrogen) atoms. The molecule has 0 radical (unpaired) electrons. The third-order valence-corrected chi connectivity index (χ3v) is 4.33. The molecule has 1 aromatic rings. The third kappa shape index (κ3) is 1.79. The van der Waals surface area contributed by atoms with Crippen LogP contribution >= 0.6 is 11.6 Å². The number of fused-ring (bicyclic) bond motifs is 1. The van der Waals surface area contributed by atoms with Crippen LogP contribution in [0.2, 0.25) is 0 Å². The Morgan fingerprint density at radius 1 is 1.53 bits per heavy atom. The van der Waals surface area contributed by atoms with Crippen LogP contribution in [-0.4, -0.2) is 21.4 Å². The van der Waals surface area contributed by atoms with Crippen LogP contribution in [0.4, 0.5) is 5.69 Å². The number of benzene rings is 1. The Hall–Kier alpha value is -0.870. The van der Waals surface area contributed by atoms with Gasteiger partial charge in [-0.2, -0.15) is 0 Å². The van der Waals surface area contributed by atoms with E-state index in [0.29, 0.717) is 17.1 Å². The Bertz CT molecular complexity index is 435. The number of anilines is 1. The molecule has 3 nitrogen and oxygen atoms in total. The zero-order valence-corrected chi connectivity index (χ0v) is 9.72. The van der Waals surface area contributed by atoms with Crippen molar-refractivity contribution in [3.05, 3.63) is 24.3 Å². The van der Waals surface area contributed by atoms with E-state index in [1.807, 2.05) is 6.07 Å². The quantitative estimate of drug-likeness (QED) is 0.651. The van der Waals surface area contributed by atoms with Crippen LogP contribution < -0.4 is 4.90 Å². The van der Waals surface area contributed by atoms with Crippen LogP contribution in [0.3, 0.4) is 0 Å². The van der Waals surface area contributed by atoms with Gasteiger partial charge < -0.3 is 4.90 Å². The maximum Gasteiger partial charge on any atom is 0.223 e. The summed E-state index contributed by atoms with van der Waals surface area (Å²) >= 11 is 5.94. The minimum atomic E-state index is -1.23. The van der Waals surface area contributed by atoms with Crippen LogP contribution in [0.1, 0.15) is 6.92 Å². The molecule has 2 unspecified atom stereocenters. The Morgan fingerprint density at radius 3 is 2.87 bits per heavy atom. The van der Waals surface area contributed by atoms with Gasteiger partial charge >= 0.3 is 0 Å². The molecule has 0 aliphatic carbocycles. The Balaban J connectivity index is 2.54. The van der Waals surface area contributed by atoms with Crippen molar-refractivity contribution in [3.8, 4) is 0 Å². The number of hydrogen-bond acceptors (Lipinski definition) is 2. The first-order chi connectivity index (χ1) is 7.11. The Kier molecular flexibility index (Phi) is 2.80. The van der Waals surface area contributed by atoms with Crippen molar-refractivity contribution in [2.24, 2.45) is 0 Å². The summed E-state index contributed by atoms with van der Waals surface area (Å²) in [5.74, 6) is -0.0789. The standard InChI is InChI=1S/C10H10ClNO2S/c1-7(13)12-6-10(11)15(14)9-5-3-2-4-8(9)12/h2-5,10H,6H2,1H3. The number of carbonyl (C=O) groups is 1. The number of rotatable bonds is 0. The zero-order chi connectivity index (χ0) is 11.0. The van der Waals surface area contributed by atoms with Gasteiger partial charge in [-0.15, -0.1) is 11.6 Å². The van der Waals surface area contributed by atoms with Gasteiger partial charge in [0.1, 0.15) is 4.71 Å². The summed E-state index contributed by atoms with van der Waals surface area (Å²) in [6, 6.07) is 7.15. The molecular formula is C10H10ClNO2S. The summed E-state index contributed by atoms with van der Waals surface area (Å²) in [5.41, 5.74) is 0.709. The normalized spacial score (nSPS) is 24.8. The van der Waals surface area contributed by atoms with Gasteiger partial charge in [-0.1, -0.05) is 12.1 Å². The highest BCUT2D eigenvalue weighted by molar-refractivity contribution is 7.87. The van der Waals surface area contributed by atoms with E-state index in [1.54, 1.807) is 23.1 Å². The lowest BCUT2D eigenvalue weighted by Crippen LogP contribution is -2.40. The molecule has 1 aromatic carbocycles. The number of amides is 1. The second-order valence-corrected chi connectivity index (χ2v) is 5.69. The van der Waals surface area contributed by atoms with Crippen molar-refractivity contribution in [3.63, 3.8) is 0 Å². The van der Waals surface area contributed by atoms with E-state index in [-0.39, 0.29) is 5.91 Å². The third-order valence-electron chi connectivity index (χ3n) is 2.31.